The number of benzene rings is 2. The largest absolute Gasteiger partial charge is 0.212 e. The maximum Gasteiger partial charge on any atom is 0.212 e. The molecule has 1 aliphatic heterocycles. The van der Waals surface area contributed by atoms with Crippen molar-refractivity contribution in [2.24, 2.45) is 5.10 Å². The van der Waals surface area contributed by atoms with Gasteiger partial charge in [-0.3, -0.25) is 0 Å². The van der Waals surface area contributed by atoms with Gasteiger partial charge in [0.25, 0.3) is 0 Å². The van der Waals surface area contributed by atoms with Crippen LogP contribution in [0.15, 0.2) is 67.7 Å². The second-order valence-electron chi connectivity index (χ2n) is 4.94. The van der Waals surface area contributed by atoms with Crippen molar-refractivity contribution in [2.75, 3.05) is 5.75 Å². The van der Waals surface area contributed by atoms with E-state index in [0.717, 1.165) is 42.5 Å². The number of thioether (sulfide) groups is 1. The van der Waals surface area contributed by atoms with Gasteiger partial charge < -0.3 is 0 Å². The molecule has 0 spiro atoms. The first-order chi connectivity index (χ1) is 11.2. The van der Waals surface area contributed by atoms with Crippen molar-refractivity contribution >= 4 is 49.3 Å². The monoisotopic (exact) mass is 448 g/mol. The summed E-state index contributed by atoms with van der Waals surface area (Å²) >= 11 is 8.68. The lowest BCUT2D eigenvalue weighted by atomic mass is 10.1. The van der Waals surface area contributed by atoms with Gasteiger partial charge in [-0.1, -0.05) is 67.9 Å². The average Bonchev–Trinajstić information content (AvgIpc) is 2.99. The van der Waals surface area contributed by atoms with Crippen LogP contribution in [0.5, 0.6) is 0 Å². The Labute approximate surface area is 154 Å². The fourth-order valence-corrected chi connectivity index (χ4v) is 3.89. The van der Waals surface area contributed by atoms with Crippen LogP contribution >= 0.6 is 43.6 Å². The Morgan fingerprint density at radius 1 is 0.957 bits per heavy atom. The predicted molar refractivity (Wildman–Crippen MR) is 100.0 cm³/mol. The predicted octanol–water partition coefficient (Wildman–Crippen LogP) is 4.83. The molecule has 1 aliphatic rings. The van der Waals surface area contributed by atoms with Gasteiger partial charge in [0.1, 0.15) is 0 Å². The van der Waals surface area contributed by atoms with E-state index in [1.165, 1.54) is 0 Å². The quantitative estimate of drug-likeness (QED) is 0.562. The summed E-state index contributed by atoms with van der Waals surface area (Å²) in [4.78, 5) is 0. The highest BCUT2D eigenvalue weighted by Gasteiger charge is 2.21. The summed E-state index contributed by atoms with van der Waals surface area (Å²) in [5.41, 5.74) is 3.11. The van der Waals surface area contributed by atoms with E-state index in [9.17, 15) is 0 Å². The number of hydrogen-bond acceptors (Lipinski definition) is 4. The zero-order chi connectivity index (χ0) is 15.8. The molecule has 23 heavy (non-hydrogen) atoms. The van der Waals surface area contributed by atoms with Crippen molar-refractivity contribution in [1.82, 2.24) is 14.9 Å². The summed E-state index contributed by atoms with van der Waals surface area (Å²) in [5.74, 6) is 1.53. The fourth-order valence-electron chi connectivity index (χ4n) is 2.32. The third-order valence-corrected chi connectivity index (χ3v) is 5.61. The van der Waals surface area contributed by atoms with Crippen LogP contribution in [-0.4, -0.2) is 26.3 Å². The summed E-state index contributed by atoms with van der Waals surface area (Å²) in [5, 5.41) is 14.2. The lowest BCUT2D eigenvalue weighted by Gasteiger charge is -2.14. The van der Waals surface area contributed by atoms with E-state index in [0.29, 0.717) is 0 Å². The first kappa shape index (κ1) is 15.1. The van der Waals surface area contributed by atoms with E-state index in [-0.39, 0.29) is 0 Å². The first-order valence-corrected chi connectivity index (χ1v) is 9.46. The Hall–Kier alpha value is -1.44. The van der Waals surface area contributed by atoms with Gasteiger partial charge in [-0.15, -0.1) is 10.2 Å². The van der Waals surface area contributed by atoms with Crippen LogP contribution in [0.3, 0.4) is 0 Å². The van der Waals surface area contributed by atoms with Crippen LogP contribution < -0.4 is 0 Å². The van der Waals surface area contributed by atoms with Gasteiger partial charge in [0.05, 0.1) is 5.71 Å². The van der Waals surface area contributed by atoms with Gasteiger partial charge >= 0.3 is 0 Å². The zero-order valence-corrected chi connectivity index (χ0v) is 15.8. The number of aromatic nitrogens is 3. The van der Waals surface area contributed by atoms with Gasteiger partial charge in [-0.25, -0.2) is 0 Å². The molecule has 0 aliphatic carbocycles. The summed E-state index contributed by atoms with van der Waals surface area (Å²) < 4.78 is 3.86. The minimum Gasteiger partial charge on any atom is -0.186 e. The van der Waals surface area contributed by atoms with Crippen molar-refractivity contribution in [2.45, 2.75) is 5.16 Å². The number of rotatable bonds is 2. The second-order valence-corrected chi connectivity index (χ2v) is 7.65. The van der Waals surface area contributed by atoms with E-state index in [1.807, 2.05) is 41.1 Å². The van der Waals surface area contributed by atoms with E-state index < -0.39 is 0 Å². The molecule has 0 fully saturated rings. The molecule has 114 valence electrons. The highest BCUT2D eigenvalue weighted by molar-refractivity contribution is 9.10. The zero-order valence-electron chi connectivity index (χ0n) is 11.8. The van der Waals surface area contributed by atoms with E-state index >= 15 is 0 Å². The van der Waals surface area contributed by atoms with Crippen molar-refractivity contribution in [1.29, 1.82) is 0 Å². The average molecular weight is 450 g/mol. The molecule has 0 unspecified atom stereocenters. The van der Waals surface area contributed by atoms with Gasteiger partial charge in [0.15, 0.2) is 5.82 Å². The molecule has 4 nitrogen and oxygen atoms in total. The summed E-state index contributed by atoms with van der Waals surface area (Å²) in [6, 6.07) is 16.1. The van der Waals surface area contributed by atoms with E-state index in [4.69, 9.17) is 5.10 Å². The molecule has 1 aromatic heterocycles. The third kappa shape index (κ3) is 2.88. The van der Waals surface area contributed by atoms with Crippen LogP contribution in [0.25, 0.3) is 11.4 Å². The second kappa shape index (κ2) is 6.22. The normalized spacial score (nSPS) is 13.6. The summed E-state index contributed by atoms with van der Waals surface area (Å²) in [6.45, 7) is 0. The molecule has 0 amide bonds. The van der Waals surface area contributed by atoms with Gasteiger partial charge in [-0.05, 0) is 29.8 Å². The first-order valence-electron chi connectivity index (χ1n) is 6.89. The number of halogens is 2. The highest BCUT2D eigenvalue weighted by Crippen LogP contribution is 2.32. The van der Waals surface area contributed by atoms with Crippen LogP contribution in [0.2, 0.25) is 0 Å². The molecule has 3 aromatic rings. The van der Waals surface area contributed by atoms with Crippen molar-refractivity contribution in [3.05, 3.63) is 63.0 Å². The minimum atomic E-state index is 0.745. The standard InChI is InChI=1S/C16H10Br2N4S/c17-11-7-5-10(6-8-11)14-9-23-16-20-19-15(22(16)21-14)12-3-1-2-4-13(12)18/h1-8H,9H2. The minimum absolute atomic E-state index is 0.745. The topological polar surface area (TPSA) is 43.1 Å². The molecule has 0 saturated heterocycles. The molecule has 2 aromatic carbocycles. The van der Waals surface area contributed by atoms with Crippen LogP contribution in [0.4, 0.5) is 0 Å². The van der Waals surface area contributed by atoms with Crippen LogP contribution in [0.1, 0.15) is 5.56 Å². The lowest BCUT2D eigenvalue weighted by Crippen LogP contribution is -2.13. The Morgan fingerprint density at radius 2 is 1.74 bits per heavy atom. The van der Waals surface area contributed by atoms with Crippen molar-refractivity contribution in [3.8, 4) is 11.4 Å². The SMILES string of the molecule is Brc1ccc(C2=Nn3c(nnc3-c3ccccc3Br)SC2)cc1. The smallest absolute Gasteiger partial charge is 0.186 e. The lowest BCUT2D eigenvalue weighted by molar-refractivity contribution is 0.762. The van der Waals surface area contributed by atoms with Crippen molar-refractivity contribution < 1.29 is 0 Å². The van der Waals surface area contributed by atoms with E-state index in [1.54, 1.807) is 11.8 Å². The molecule has 0 bridgehead atoms. The highest BCUT2D eigenvalue weighted by atomic mass is 79.9. The summed E-state index contributed by atoms with van der Waals surface area (Å²) in [7, 11) is 0. The molecular weight excluding hydrogens is 440 g/mol. The Morgan fingerprint density at radius 3 is 2.52 bits per heavy atom. The van der Waals surface area contributed by atoms with E-state index in [2.05, 4.69) is 54.2 Å². The molecule has 7 heteroatoms. The maximum atomic E-state index is 4.77. The van der Waals surface area contributed by atoms with Crippen molar-refractivity contribution in [3.63, 3.8) is 0 Å². The number of nitrogens with zero attached hydrogens (tertiary/aromatic N) is 4. The third-order valence-electron chi connectivity index (χ3n) is 3.46. The molecular formula is C16H10Br2N4S. The van der Waals surface area contributed by atoms with Gasteiger partial charge in [0.2, 0.25) is 5.16 Å². The van der Waals surface area contributed by atoms with Gasteiger partial charge in [-0.2, -0.15) is 9.78 Å². The summed E-state index contributed by atoms with van der Waals surface area (Å²) in [6.07, 6.45) is 0. The molecule has 2 heterocycles. The fraction of sp³-hybridized carbons (Fsp3) is 0.0625. The maximum absolute atomic E-state index is 4.77. The Kier molecular flexibility index (Phi) is 4.09. The van der Waals surface area contributed by atoms with Crippen LogP contribution in [0, 0.1) is 0 Å². The molecule has 0 radical (unpaired) electrons. The molecule has 4 rings (SSSR count). The van der Waals surface area contributed by atoms with Crippen LogP contribution in [-0.2, 0) is 0 Å². The van der Waals surface area contributed by atoms with Gasteiger partial charge in [0, 0.05) is 20.3 Å². The number of hydrogen-bond donors (Lipinski definition) is 0. The Balaban J connectivity index is 1.81. The molecule has 0 atom stereocenters. The molecule has 0 N–H and O–H groups in total. The number of fused-ring (bicyclic) bond motifs is 1. The molecule has 0 saturated carbocycles. The Bertz CT molecular complexity index is 903.